The number of carboxylic acids is 1. The molecule has 1 N–H and O–H groups in total. The van der Waals surface area contributed by atoms with E-state index in [9.17, 15) is 14.7 Å². The van der Waals surface area contributed by atoms with Crippen LogP contribution in [0.1, 0.15) is 22.8 Å². The Kier molecular flexibility index (Phi) is 6.34. The molecular weight excluding hydrogens is 392 g/mol. The summed E-state index contributed by atoms with van der Waals surface area (Å²) in [4.78, 5) is 25.0. The molecule has 30 heavy (non-hydrogen) atoms. The molecule has 0 amide bonds. The minimum absolute atomic E-state index is 0.0986. The fourth-order valence-electron chi connectivity index (χ4n) is 3.48. The fraction of sp³-hybridized carbons (Fsp3) is 0.364. The first kappa shape index (κ1) is 21.3. The van der Waals surface area contributed by atoms with Gasteiger partial charge in [0.2, 0.25) is 12.5 Å². The van der Waals surface area contributed by atoms with Gasteiger partial charge in [0.15, 0.2) is 28.8 Å². The minimum atomic E-state index is -1.06. The second kappa shape index (κ2) is 8.94. The molecule has 0 aromatic heterocycles. The van der Waals surface area contributed by atoms with Crippen LogP contribution in [0.25, 0.3) is 0 Å². The molecule has 1 aliphatic rings. The standard InChI is InChI=1S/C22H24O8/c1-12(20(23)14-5-6-16-17(10-14)30-11-29-16)15(22(24)25)7-13-8-18(26-2)21(28-4)19(9-13)27-3/h5-6,8-10,12,15H,7,11H2,1-4H3,(H,24,25)/t12-,15+/m0/s1. The van der Waals surface area contributed by atoms with E-state index in [-0.39, 0.29) is 19.0 Å². The zero-order valence-corrected chi connectivity index (χ0v) is 17.3. The highest BCUT2D eigenvalue weighted by Crippen LogP contribution is 2.39. The summed E-state index contributed by atoms with van der Waals surface area (Å²) in [5, 5.41) is 9.83. The molecule has 2 atom stereocenters. The summed E-state index contributed by atoms with van der Waals surface area (Å²) in [6, 6.07) is 8.23. The van der Waals surface area contributed by atoms with E-state index < -0.39 is 17.8 Å². The van der Waals surface area contributed by atoms with Crippen molar-refractivity contribution >= 4 is 11.8 Å². The summed E-state index contributed by atoms with van der Waals surface area (Å²) in [5.41, 5.74) is 1.03. The predicted octanol–water partition coefficient (Wildman–Crippen LogP) is 3.20. The number of carboxylic acid groups (broad SMARTS) is 1. The highest BCUT2D eigenvalue weighted by molar-refractivity contribution is 6.00. The van der Waals surface area contributed by atoms with Crippen LogP contribution >= 0.6 is 0 Å². The molecule has 2 aromatic rings. The molecule has 0 saturated heterocycles. The normalized spacial score (nSPS) is 14.0. The number of ketones is 1. The monoisotopic (exact) mass is 416 g/mol. The topological polar surface area (TPSA) is 101 Å². The van der Waals surface area contributed by atoms with Gasteiger partial charge in [-0.15, -0.1) is 0 Å². The third-order valence-corrected chi connectivity index (χ3v) is 5.17. The van der Waals surface area contributed by atoms with Gasteiger partial charge >= 0.3 is 5.97 Å². The second-order valence-electron chi connectivity index (χ2n) is 6.90. The van der Waals surface area contributed by atoms with Gasteiger partial charge in [-0.3, -0.25) is 9.59 Å². The lowest BCUT2D eigenvalue weighted by Gasteiger charge is -2.21. The van der Waals surface area contributed by atoms with Crippen LogP contribution in [0.2, 0.25) is 0 Å². The molecule has 0 unspecified atom stereocenters. The number of hydrogen-bond donors (Lipinski definition) is 1. The predicted molar refractivity (Wildman–Crippen MR) is 107 cm³/mol. The van der Waals surface area contributed by atoms with Crippen LogP contribution < -0.4 is 23.7 Å². The first-order valence-corrected chi connectivity index (χ1v) is 9.35. The molecule has 1 aliphatic heterocycles. The highest BCUT2D eigenvalue weighted by Gasteiger charge is 2.32. The molecule has 0 bridgehead atoms. The van der Waals surface area contributed by atoms with Gasteiger partial charge in [-0.1, -0.05) is 6.92 Å². The molecule has 1 heterocycles. The number of carbonyl (C=O) groups is 2. The lowest BCUT2D eigenvalue weighted by Crippen LogP contribution is -2.29. The quantitative estimate of drug-likeness (QED) is 0.622. The summed E-state index contributed by atoms with van der Waals surface area (Å²) in [5.74, 6) is -0.779. The van der Waals surface area contributed by atoms with Gasteiger partial charge in [-0.2, -0.15) is 0 Å². The molecule has 0 spiro atoms. The number of aliphatic carboxylic acids is 1. The van der Waals surface area contributed by atoms with E-state index in [1.54, 1.807) is 37.3 Å². The van der Waals surface area contributed by atoms with Gasteiger partial charge in [0.1, 0.15) is 0 Å². The van der Waals surface area contributed by atoms with Gasteiger partial charge < -0.3 is 28.8 Å². The first-order chi connectivity index (χ1) is 14.4. The van der Waals surface area contributed by atoms with Gasteiger partial charge in [0.05, 0.1) is 27.2 Å². The Morgan fingerprint density at radius 2 is 1.63 bits per heavy atom. The minimum Gasteiger partial charge on any atom is -0.493 e. The average Bonchev–Trinajstić information content (AvgIpc) is 3.23. The van der Waals surface area contributed by atoms with Gasteiger partial charge in [0, 0.05) is 11.5 Å². The van der Waals surface area contributed by atoms with Crippen molar-refractivity contribution in [1.82, 2.24) is 0 Å². The largest absolute Gasteiger partial charge is 0.493 e. The molecule has 3 rings (SSSR count). The summed E-state index contributed by atoms with van der Waals surface area (Å²) >= 11 is 0. The smallest absolute Gasteiger partial charge is 0.307 e. The molecule has 8 nitrogen and oxygen atoms in total. The van der Waals surface area contributed by atoms with Crippen molar-refractivity contribution in [2.45, 2.75) is 13.3 Å². The number of rotatable bonds is 9. The average molecular weight is 416 g/mol. The van der Waals surface area contributed by atoms with E-state index in [1.807, 2.05) is 0 Å². The second-order valence-corrected chi connectivity index (χ2v) is 6.90. The summed E-state index contributed by atoms with van der Waals surface area (Å²) < 4.78 is 26.6. The van der Waals surface area contributed by atoms with Crippen LogP contribution in [-0.4, -0.2) is 45.0 Å². The van der Waals surface area contributed by atoms with E-state index in [0.717, 1.165) is 0 Å². The Balaban J connectivity index is 1.87. The Hall–Kier alpha value is -3.42. The van der Waals surface area contributed by atoms with Crippen molar-refractivity contribution in [1.29, 1.82) is 0 Å². The van der Waals surface area contributed by atoms with Crippen LogP contribution in [0.3, 0.4) is 0 Å². The zero-order chi connectivity index (χ0) is 21.8. The molecule has 0 saturated carbocycles. The van der Waals surface area contributed by atoms with E-state index in [0.29, 0.717) is 39.9 Å². The number of fused-ring (bicyclic) bond motifs is 1. The number of ether oxygens (including phenoxy) is 5. The van der Waals surface area contributed by atoms with Crippen LogP contribution in [0.4, 0.5) is 0 Å². The van der Waals surface area contributed by atoms with Crippen molar-refractivity contribution in [3.8, 4) is 28.7 Å². The van der Waals surface area contributed by atoms with Crippen LogP contribution in [0.15, 0.2) is 30.3 Å². The Morgan fingerprint density at radius 3 is 2.20 bits per heavy atom. The third-order valence-electron chi connectivity index (χ3n) is 5.17. The summed E-state index contributed by atoms with van der Waals surface area (Å²) in [6.45, 7) is 1.71. The number of hydrogen-bond acceptors (Lipinski definition) is 7. The molecule has 8 heteroatoms. The van der Waals surface area contributed by atoms with Crippen molar-refractivity contribution < 1.29 is 38.4 Å². The fourth-order valence-corrected chi connectivity index (χ4v) is 3.48. The summed E-state index contributed by atoms with van der Waals surface area (Å²) in [6.07, 6.45) is 0.115. The zero-order valence-electron chi connectivity index (χ0n) is 17.3. The van der Waals surface area contributed by atoms with Crippen LogP contribution in [0.5, 0.6) is 28.7 Å². The van der Waals surface area contributed by atoms with Crippen LogP contribution in [0, 0.1) is 11.8 Å². The lowest BCUT2D eigenvalue weighted by molar-refractivity contribution is -0.142. The maximum absolute atomic E-state index is 13.0. The molecule has 160 valence electrons. The number of carbonyl (C=O) groups excluding carboxylic acids is 1. The van der Waals surface area contributed by atoms with E-state index in [4.69, 9.17) is 23.7 Å². The van der Waals surface area contributed by atoms with Gasteiger partial charge in [0.25, 0.3) is 0 Å². The van der Waals surface area contributed by atoms with E-state index in [2.05, 4.69) is 0 Å². The SMILES string of the molecule is COc1cc(C[C@@H](C(=O)O)[C@H](C)C(=O)c2ccc3c(c2)OCO3)cc(OC)c1OC. The molecule has 2 aromatic carbocycles. The number of Topliss-reactive ketones (excluding diaryl/α,β-unsaturated/α-hetero) is 1. The maximum atomic E-state index is 13.0. The third kappa shape index (κ3) is 4.12. The molecular formula is C22H24O8. The van der Waals surface area contributed by atoms with Crippen LogP contribution in [-0.2, 0) is 11.2 Å². The maximum Gasteiger partial charge on any atom is 0.307 e. The van der Waals surface area contributed by atoms with E-state index in [1.165, 1.54) is 21.3 Å². The Labute approximate surface area is 174 Å². The van der Waals surface area contributed by atoms with Crippen molar-refractivity contribution in [2.75, 3.05) is 28.1 Å². The Bertz CT molecular complexity index is 927. The highest BCUT2D eigenvalue weighted by atomic mass is 16.7. The molecule has 0 radical (unpaired) electrons. The first-order valence-electron chi connectivity index (χ1n) is 9.35. The van der Waals surface area contributed by atoms with Crippen molar-refractivity contribution in [2.24, 2.45) is 11.8 Å². The van der Waals surface area contributed by atoms with Crippen molar-refractivity contribution in [3.05, 3.63) is 41.5 Å². The Morgan fingerprint density at radius 1 is 1.00 bits per heavy atom. The van der Waals surface area contributed by atoms with Gasteiger partial charge in [-0.25, -0.2) is 0 Å². The number of benzene rings is 2. The molecule has 0 fully saturated rings. The summed E-state index contributed by atoms with van der Waals surface area (Å²) in [7, 11) is 4.47. The van der Waals surface area contributed by atoms with E-state index >= 15 is 0 Å². The number of methoxy groups -OCH3 is 3. The van der Waals surface area contributed by atoms with Gasteiger partial charge in [-0.05, 0) is 42.3 Å². The van der Waals surface area contributed by atoms with Crippen molar-refractivity contribution in [3.63, 3.8) is 0 Å². The lowest BCUT2D eigenvalue weighted by atomic mass is 9.83. The molecule has 0 aliphatic carbocycles.